The Morgan fingerprint density at radius 2 is 2.10 bits per heavy atom. The number of halogens is 1. The highest BCUT2D eigenvalue weighted by molar-refractivity contribution is 9.10. The molecule has 2 rings (SSSR count). The van der Waals surface area contributed by atoms with E-state index < -0.39 is 11.9 Å². The van der Waals surface area contributed by atoms with Crippen molar-refractivity contribution < 1.29 is 14.7 Å². The molecule has 0 aromatic heterocycles. The molecule has 0 aliphatic carbocycles. The van der Waals surface area contributed by atoms with E-state index in [4.69, 9.17) is 0 Å². The van der Waals surface area contributed by atoms with E-state index in [1.54, 1.807) is 4.90 Å². The van der Waals surface area contributed by atoms with Gasteiger partial charge in [-0.2, -0.15) is 0 Å². The van der Waals surface area contributed by atoms with Crippen LogP contribution in [0.5, 0.6) is 0 Å². The lowest BCUT2D eigenvalue weighted by Gasteiger charge is -2.31. The Bertz CT molecular complexity index is 556. The monoisotopic (exact) mass is 339 g/mol. The molecule has 1 aliphatic rings. The quantitative estimate of drug-likeness (QED) is 0.920. The summed E-state index contributed by atoms with van der Waals surface area (Å²) in [7, 11) is 0. The normalized spacial score (nSPS) is 22.6. The van der Waals surface area contributed by atoms with E-state index in [0.717, 1.165) is 15.6 Å². The maximum absolute atomic E-state index is 12.1. The standard InChI is InChI=1S/C15H18BrNO3/c1-8(2)17-13(18)7-11(15(19)20)14(17)10-4-5-12(16)9(3)6-10/h4-6,8,11,14H,7H2,1-3H3,(H,19,20). The molecule has 0 bridgehead atoms. The summed E-state index contributed by atoms with van der Waals surface area (Å²) in [4.78, 5) is 25.3. The average molecular weight is 340 g/mol. The van der Waals surface area contributed by atoms with Gasteiger partial charge in [-0.1, -0.05) is 28.1 Å². The second-order valence-corrected chi connectivity index (χ2v) is 6.35. The minimum absolute atomic E-state index is 0.0131. The predicted octanol–water partition coefficient (Wildman–Crippen LogP) is 3.14. The number of hydrogen-bond acceptors (Lipinski definition) is 2. The number of likely N-dealkylation sites (tertiary alicyclic amines) is 1. The van der Waals surface area contributed by atoms with Crippen molar-refractivity contribution in [2.75, 3.05) is 0 Å². The number of carboxylic acids is 1. The highest BCUT2D eigenvalue weighted by Gasteiger charge is 2.45. The number of carbonyl (C=O) groups excluding carboxylic acids is 1. The van der Waals surface area contributed by atoms with Gasteiger partial charge < -0.3 is 10.0 Å². The number of rotatable bonds is 3. The molecule has 0 radical (unpaired) electrons. The summed E-state index contributed by atoms with van der Waals surface area (Å²) in [6.07, 6.45) is 0.0767. The molecular formula is C15H18BrNO3. The van der Waals surface area contributed by atoms with Crippen LogP contribution in [0.1, 0.15) is 37.4 Å². The Hall–Kier alpha value is -1.36. The van der Waals surface area contributed by atoms with Crippen LogP contribution in [-0.2, 0) is 9.59 Å². The molecule has 1 aromatic rings. The Balaban J connectivity index is 2.48. The summed E-state index contributed by atoms with van der Waals surface area (Å²) in [6, 6.07) is 5.36. The molecule has 108 valence electrons. The molecule has 4 nitrogen and oxygen atoms in total. The number of amides is 1. The number of aryl methyl sites for hydroxylation is 1. The van der Waals surface area contributed by atoms with Gasteiger partial charge in [0.1, 0.15) is 0 Å². The number of carbonyl (C=O) groups is 2. The van der Waals surface area contributed by atoms with Crippen LogP contribution in [0.2, 0.25) is 0 Å². The molecule has 20 heavy (non-hydrogen) atoms. The molecule has 0 spiro atoms. The van der Waals surface area contributed by atoms with E-state index in [9.17, 15) is 14.7 Å². The summed E-state index contributed by atoms with van der Waals surface area (Å²) in [5.74, 6) is -1.67. The van der Waals surface area contributed by atoms with Gasteiger partial charge in [0.05, 0.1) is 12.0 Å². The zero-order chi connectivity index (χ0) is 15.0. The highest BCUT2D eigenvalue weighted by atomic mass is 79.9. The van der Waals surface area contributed by atoms with Crippen molar-refractivity contribution in [3.63, 3.8) is 0 Å². The van der Waals surface area contributed by atoms with E-state index in [1.807, 2.05) is 39.0 Å². The molecule has 1 fully saturated rings. The van der Waals surface area contributed by atoms with Crippen LogP contribution in [0.25, 0.3) is 0 Å². The Kier molecular flexibility index (Phi) is 4.18. The third-order valence-corrected chi connectivity index (χ3v) is 4.65. The first-order valence-corrected chi connectivity index (χ1v) is 7.42. The van der Waals surface area contributed by atoms with Gasteiger partial charge in [0.25, 0.3) is 0 Å². The topological polar surface area (TPSA) is 57.6 Å². The fourth-order valence-electron chi connectivity index (χ4n) is 2.83. The van der Waals surface area contributed by atoms with E-state index in [2.05, 4.69) is 15.9 Å². The highest BCUT2D eigenvalue weighted by Crippen LogP contribution is 2.40. The molecule has 1 amide bonds. The molecule has 1 N–H and O–H groups in total. The largest absolute Gasteiger partial charge is 0.481 e. The Morgan fingerprint density at radius 1 is 1.45 bits per heavy atom. The molecule has 2 atom stereocenters. The van der Waals surface area contributed by atoms with Gasteiger partial charge in [-0.3, -0.25) is 9.59 Å². The number of aliphatic carboxylic acids is 1. The molecular weight excluding hydrogens is 322 g/mol. The molecule has 1 aliphatic heterocycles. The summed E-state index contributed by atoms with van der Waals surface area (Å²) in [5.41, 5.74) is 1.92. The number of hydrogen-bond donors (Lipinski definition) is 1. The van der Waals surface area contributed by atoms with Crippen molar-refractivity contribution in [2.24, 2.45) is 5.92 Å². The Labute approximate surface area is 126 Å². The summed E-state index contributed by atoms with van der Waals surface area (Å²) in [6.45, 7) is 5.79. The smallest absolute Gasteiger partial charge is 0.309 e. The van der Waals surface area contributed by atoms with Crippen molar-refractivity contribution in [2.45, 2.75) is 39.3 Å². The van der Waals surface area contributed by atoms with Gasteiger partial charge >= 0.3 is 5.97 Å². The molecule has 1 heterocycles. The van der Waals surface area contributed by atoms with Gasteiger partial charge in [0, 0.05) is 16.9 Å². The number of carboxylic acid groups (broad SMARTS) is 1. The molecule has 1 saturated heterocycles. The van der Waals surface area contributed by atoms with Crippen molar-refractivity contribution in [3.05, 3.63) is 33.8 Å². The van der Waals surface area contributed by atoms with Crippen LogP contribution < -0.4 is 0 Å². The second kappa shape index (κ2) is 5.56. The fourth-order valence-corrected chi connectivity index (χ4v) is 3.08. The molecule has 5 heteroatoms. The van der Waals surface area contributed by atoms with E-state index in [1.165, 1.54) is 0 Å². The Morgan fingerprint density at radius 3 is 2.60 bits per heavy atom. The lowest BCUT2D eigenvalue weighted by atomic mass is 9.92. The maximum Gasteiger partial charge on any atom is 0.309 e. The van der Waals surface area contributed by atoms with Crippen LogP contribution in [-0.4, -0.2) is 27.9 Å². The van der Waals surface area contributed by atoms with Crippen molar-refractivity contribution >= 4 is 27.8 Å². The first-order chi connectivity index (χ1) is 9.32. The van der Waals surface area contributed by atoms with Crippen LogP contribution in [0.3, 0.4) is 0 Å². The molecule has 0 saturated carbocycles. The van der Waals surface area contributed by atoms with Crippen molar-refractivity contribution in [3.8, 4) is 0 Å². The summed E-state index contributed by atoms with van der Waals surface area (Å²) in [5, 5.41) is 9.40. The maximum atomic E-state index is 12.1. The van der Waals surface area contributed by atoms with Gasteiger partial charge in [-0.15, -0.1) is 0 Å². The van der Waals surface area contributed by atoms with Crippen LogP contribution >= 0.6 is 15.9 Å². The van der Waals surface area contributed by atoms with Crippen LogP contribution in [0.15, 0.2) is 22.7 Å². The van der Waals surface area contributed by atoms with E-state index in [0.29, 0.717) is 0 Å². The SMILES string of the molecule is Cc1cc(C2C(C(=O)O)CC(=O)N2C(C)C)ccc1Br. The minimum Gasteiger partial charge on any atom is -0.481 e. The summed E-state index contributed by atoms with van der Waals surface area (Å²) < 4.78 is 0.980. The third-order valence-electron chi connectivity index (χ3n) is 3.76. The van der Waals surface area contributed by atoms with E-state index in [-0.39, 0.29) is 24.4 Å². The number of nitrogens with zero attached hydrogens (tertiary/aromatic N) is 1. The third kappa shape index (κ3) is 2.59. The first-order valence-electron chi connectivity index (χ1n) is 6.63. The number of benzene rings is 1. The van der Waals surface area contributed by atoms with Gasteiger partial charge in [-0.05, 0) is 38.0 Å². The predicted molar refractivity (Wildman–Crippen MR) is 79.3 cm³/mol. The lowest BCUT2D eigenvalue weighted by Crippen LogP contribution is -2.36. The van der Waals surface area contributed by atoms with Crippen LogP contribution in [0.4, 0.5) is 0 Å². The summed E-state index contributed by atoms with van der Waals surface area (Å²) >= 11 is 3.44. The van der Waals surface area contributed by atoms with Gasteiger partial charge in [-0.25, -0.2) is 0 Å². The molecule has 1 aromatic carbocycles. The molecule has 2 unspecified atom stereocenters. The van der Waals surface area contributed by atoms with Crippen molar-refractivity contribution in [1.82, 2.24) is 4.90 Å². The van der Waals surface area contributed by atoms with Gasteiger partial charge in [0.15, 0.2) is 0 Å². The van der Waals surface area contributed by atoms with Crippen molar-refractivity contribution in [1.29, 1.82) is 0 Å². The van der Waals surface area contributed by atoms with Gasteiger partial charge in [0.2, 0.25) is 5.91 Å². The zero-order valence-corrected chi connectivity index (χ0v) is 13.3. The van der Waals surface area contributed by atoms with E-state index >= 15 is 0 Å². The zero-order valence-electron chi connectivity index (χ0n) is 11.8. The lowest BCUT2D eigenvalue weighted by molar-refractivity contribution is -0.142. The fraction of sp³-hybridized carbons (Fsp3) is 0.467. The average Bonchev–Trinajstić information content (AvgIpc) is 2.70. The van der Waals surface area contributed by atoms with Crippen LogP contribution in [0, 0.1) is 12.8 Å². The minimum atomic E-state index is -0.910. The first kappa shape index (κ1) is 15.0. The second-order valence-electron chi connectivity index (χ2n) is 5.50.